The van der Waals surface area contributed by atoms with E-state index >= 15 is 0 Å². The summed E-state index contributed by atoms with van der Waals surface area (Å²) in [6.45, 7) is 5.15. The molecule has 8 heteroatoms. The van der Waals surface area contributed by atoms with Gasteiger partial charge in [0.1, 0.15) is 17.8 Å². The van der Waals surface area contributed by atoms with Gasteiger partial charge in [0.15, 0.2) is 12.0 Å². The monoisotopic (exact) mass is 300 g/mol. The molecule has 0 radical (unpaired) electrons. The van der Waals surface area contributed by atoms with Crippen LogP contribution in [0.2, 0.25) is 0 Å². The average molecular weight is 300 g/mol. The van der Waals surface area contributed by atoms with Gasteiger partial charge in [0, 0.05) is 12.3 Å². The van der Waals surface area contributed by atoms with Crippen LogP contribution in [-0.2, 0) is 19.0 Å². The lowest BCUT2D eigenvalue weighted by Gasteiger charge is -2.40. The van der Waals surface area contributed by atoms with E-state index in [2.05, 4.69) is 5.32 Å². The van der Waals surface area contributed by atoms with Crippen LogP contribution < -0.4 is 5.32 Å². The highest BCUT2D eigenvalue weighted by Gasteiger charge is 2.65. The van der Waals surface area contributed by atoms with Gasteiger partial charge in [-0.2, -0.15) is 0 Å². The number of nitrogens with one attached hydrogen (secondary N) is 1. The lowest BCUT2D eigenvalue weighted by Crippen LogP contribution is -2.59. The van der Waals surface area contributed by atoms with E-state index in [1.807, 2.05) is 6.92 Å². The second-order valence-electron chi connectivity index (χ2n) is 6.08. The molecule has 0 aliphatic carbocycles. The summed E-state index contributed by atoms with van der Waals surface area (Å²) in [4.78, 5) is 12.7. The molecule has 0 bridgehead atoms. The number of hydrogen-bond donors (Lipinski definition) is 3. The van der Waals surface area contributed by atoms with Crippen molar-refractivity contribution in [3.8, 4) is 0 Å². The molecule has 3 heterocycles. The van der Waals surface area contributed by atoms with Gasteiger partial charge in [0.05, 0.1) is 6.61 Å². The number of nitrogens with zero attached hydrogens (tertiary/aromatic N) is 1. The Hall–Kier alpha value is -1.19. The molecular formula is C13H20N2O6. The highest BCUT2D eigenvalue weighted by Crippen LogP contribution is 2.47. The highest BCUT2D eigenvalue weighted by molar-refractivity contribution is 5.88. The lowest BCUT2D eigenvalue weighted by atomic mass is 9.96. The maximum absolute atomic E-state index is 11.2. The van der Waals surface area contributed by atoms with Gasteiger partial charge in [-0.05, 0) is 20.8 Å². The SMILES string of the molecule is CC1(C)OC2C(CO)OC(N3C=CC(=O)NC3O)C2(C)O1. The summed E-state index contributed by atoms with van der Waals surface area (Å²) < 4.78 is 17.6. The van der Waals surface area contributed by atoms with E-state index in [9.17, 15) is 15.0 Å². The molecule has 0 spiro atoms. The van der Waals surface area contributed by atoms with Crippen molar-refractivity contribution in [3.05, 3.63) is 12.3 Å². The number of hydrogen-bond acceptors (Lipinski definition) is 7. The van der Waals surface area contributed by atoms with Crippen LogP contribution >= 0.6 is 0 Å². The number of carbonyl (C=O) groups excluding carboxylic acids is 1. The first-order valence-corrected chi connectivity index (χ1v) is 6.85. The molecule has 0 aromatic heterocycles. The van der Waals surface area contributed by atoms with E-state index in [0.717, 1.165) is 0 Å². The van der Waals surface area contributed by atoms with Crippen molar-refractivity contribution in [2.45, 2.75) is 56.9 Å². The smallest absolute Gasteiger partial charge is 0.248 e. The minimum Gasteiger partial charge on any atom is -0.394 e. The van der Waals surface area contributed by atoms with Crippen LogP contribution in [0.25, 0.3) is 0 Å². The lowest BCUT2D eigenvalue weighted by molar-refractivity contribution is -0.237. The van der Waals surface area contributed by atoms with Gasteiger partial charge in [0.2, 0.25) is 12.3 Å². The number of rotatable bonds is 2. The molecule has 2 fully saturated rings. The zero-order chi connectivity index (χ0) is 15.4. The van der Waals surface area contributed by atoms with E-state index in [1.165, 1.54) is 17.2 Å². The largest absolute Gasteiger partial charge is 0.394 e. The van der Waals surface area contributed by atoms with Gasteiger partial charge in [-0.3, -0.25) is 4.79 Å². The minimum absolute atomic E-state index is 0.226. The average Bonchev–Trinajstić information content (AvgIpc) is 2.76. The molecule has 3 rings (SSSR count). The predicted octanol–water partition coefficient (Wildman–Crippen LogP) is -1.16. The minimum atomic E-state index is -1.23. The zero-order valence-electron chi connectivity index (χ0n) is 12.1. The van der Waals surface area contributed by atoms with Crippen LogP contribution in [0.5, 0.6) is 0 Å². The van der Waals surface area contributed by atoms with Crippen molar-refractivity contribution in [3.63, 3.8) is 0 Å². The van der Waals surface area contributed by atoms with Gasteiger partial charge >= 0.3 is 0 Å². The third-order valence-electron chi connectivity index (χ3n) is 3.98. The summed E-state index contributed by atoms with van der Waals surface area (Å²) in [6, 6.07) is 0. The number of ether oxygens (including phenoxy) is 3. The molecule has 21 heavy (non-hydrogen) atoms. The third-order valence-corrected chi connectivity index (χ3v) is 3.98. The van der Waals surface area contributed by atoms with Crippen LogP contribution in [0.3, 0.4) is 0 Å². The molecule has 0 aromatic carbocycles. The van der Waals surface area contributed by atoms with Crippen molar-refractivity contribution in [2.75, 3.05) is 6.61 Å². The van der Waals surface area contributed by atoms with Crippen LogP contribution in [0.1, 0.15) is 20.8 Å². The fourth-order valence-electron chi connectivity index (χ4n) is 3.24. The molecule has 0 aromatic rings. The summed E-state index contributed by atoms with van der Waals surface area (Å²) in [5.41, 5.74) is -0.885. The fraction of sp³-hybridized carbons (Fsp3) is 0.769. The molecule has 5 atom stereocenters. The quantitative estimate of drug-likeness (QED) is 0.591. The number of aliphatic hydroxyl groups is 2. The molecule has 5 unspecified atom stereocenters. The molecule has 3 aliphatic rings. The normalized spacial score (nSPS) is 44.8. The van der Waals surface area contributed by atoms with E-state index in [4.69, 9.17) is 14.2 Å². The standard InChI is InChI=1S/C13H20N2O6/c1-12(2)20-9-7(6-16)19-10(13(9,3)21-12)15-5-4-8(17)14-11(15)18/h4-5,7,9-11,16,18H,6H2,1-3H3,(H,14,17). The Morgan fingerprint density at radius 2 is 2.14 bits per heavy atom. The van der Waals surface area contributed by atoms with E-state index in [1.54, 1.807) is 13.8 Å². The van der Waals surface area contributed by atoms with Gasteiger partial charge in [0.25, 0.3) is 0 Å². The second-order valence-corrected chi connectivity index (χ2v) is 6.08. The van der Waals surface area contributed by atoms with E-state index in [-0.39, 0.29) is 12.5 Å². The Bertz CT molecular complexity index is 481. The summed E-state index contributed by atoms with van der Waals surface area (Å²) in [5, 5.41) is 21.9. The first-order valence-electron chi connectivity index (χ1n) is 6.85. The molecule has 2 saturated heterocycles. The topological polar surface area (TPSA) is 100 Å². The van der Waals surface area contributed by atoms with Crippen molar-refractivity contribution < 1.29 is 29.2 Å². The summed E-state index contributed by atoms with van der Waals surface area (Å²) in [6.07, 6.45) is -0.226. The van der Waals surface area contributed by atoms with Crippen molar-refractivity contribution in [1.29, 1.82) is 0 Å². The van der Waals surface area contributed by atoms with Crippen LogP contribution in [-0.4, -0.2) is 63.8 Å². The number of amides is 1. The zero-order valence-corrected chi connectivity index (χ0v) is 12.1. The van der Waals surface area contributed by atoms with Crippen molar-refractivity contribution in [2.24, 2.45) is 0 Å². The van der Waals surface area contributed by atoms with E-state index in [0.29, 0.717) is 0 Å². The maximum atomic E-state index is 11.2. The second kappa shape index (κ2) is 4.65. The Balaban J connectivity index is 1.92. The van der Waals surface area contributed by atoms with Crippen LogP contribution in [0.4, 0.5) is 0 Å². The van der Waals surface area contributed by atoms with Crippen LogP contribution in [0, 0.1) is 0 Å². The highest BCUT2D eigenvalue weighted by atomic mass is 16.8. The third kappa shape index (κ3) is 2.23. The number of carbonyl (C=O) groups is 1. The van der Waals surface area contributed by atoms with Crippen molar-refractivity contribution in [1.82, 2.24) is 10.2 Å². The Morgan fingerprint density at radius 3 is 2.76 bits per heavy atom. The molecule has 1 amide bonds. The van der Waals surface area contributed by atoms with Crippen LogP contribution in [0.15, 0.2) is 12.3 Å². The number of fused-ring (bicyclic) bond motifs is 1. The van der Waals surface area contributed by atoms with E-state index < -0.39 is 36.2 Å². The summed E-state index contributed by atoms with van der Waals surface area (Å²) >= 11 is 0. The Kier molecular flexibility index (Phi) is 3.26. The molecular weight excluding hydrogens is 280 g/mol. The fourth-order valence-corrected chi connectivity index (χ4v) is 3.24. The summed E-state index contributed by atoms with van der Waals surface area (Å²) in [7, 11) is 0. The first kappa shape index (κ1) is 14.7. The molecule has 0 saturated carbocycles. The molecule has 3 aliphatic heterocycles. The van der Waals surface area contributed by atoms with Gasteiger partial charge in [-0.25, -0.2) is 0 Å². The van der Waals surface area contributed by atoms with Gasteiger partial charge < -0.3 is 34.6 Å². The van der Waals surface area contributed by atoms with Gasteiger partial charge in [-0.1, -0.05) is 0 Å². The summed E-state index contributed by atoms with van der Waals surface area (Å²) in [5.74, 6) is -1.20. The Labute approximate surface area is 122 Å². The molecule has 118 valence electrons. The van der Waals surface area contributed by atoms with Gasteiger partial charge in [-0.15, -0.1) is 0 Å². The molecule has 8 nitrogen and oxygen atoms in total. The Morgan fingerprint density at radius 1 is 1.43 bits per heavy atom. The first-order chi connectivity index (χ1) is 9.77. The predicted molar refractivity (Wildman–Crippen MR) is 69.3 cm³/mol. The maximum Gasteiger partial charge on any atom is 0.248 e. The number of aliphatic hydroxyl groups excluding tert-OH is 2. The molecule has 3 N–H and O–H groups in total. The van der Waals surface area contributed by atoms with Crippen molar-refractivity contribution >= 4 is 5.91 Å².